The maximum atomic E-state index is 3.28. The SMILES string of the molecule is CC1CNN(C(C)C)N1. The average Bonchev–Trinajstić information content (AvgIpc) is 2.14. The summed E-state index contributed by atoms with van der Waals surface area (Å²) in [7, 11) is 0. The van der Waals surface area contributed by atoms with E-state index < -0.39 is 0 Å². The summed E-state index contributed by atoms with van der Waals surface area (Å²) in [5.74, 6) is 0. The monoisotopic (exact) mass is 129 g/mol. The summed E-state index contributed by atoms with van der Waals surface area (Å²) in [4.78, 5) is 0. The highest BCUT2D eigenvalue weighted by Crippen LogP contribution is 1.96. The quantitative estimate of drug-likeness (QED) is 0.526. The fraction of sp³-hybridized carbons (Fsp3) is 1.00. The molecule has 0 saturated carbocycles. The Labute approximate surface area is 56.4 Å². The number of rotatable bonds is 1. The topological polar surface area (TPSA) is 27.3 Å². The van der Waals surface area contributed by atoms with E-state index in [0.717, 1.165) is 6.54 Å². The van der Waals surface area contributed by atoms with Crippen molar-refractivity contribution in [3.05, 3.63) is 0 Å². The highest BCUT2D eigenvalue weighted by atomic mass is 15.8. The molecule has 3 heteroatoms. The zero-order chi connectivity index (χ0) is 6.85. The summed E-state index contributed by atoms with van der Waals surface area (Å²) in [6, 6.07) is 1.11. The Morgan fingerprint density at radius 3 is 2.44 bits per heavy atom. The molecular formula is C6H15N3. The standard InChI is InChI=1S/C6H15N3/c1-5(2)9-7-4-6(3)8-9/h5-8H,4H2,1-3H3. The van der Waals surface area contributed by atoms with Crippen LogP contribution in [0.25, 0.3) is 0 Å². The van der Waals surface area contributed by atoms with Crippen LogP contribution in [-0.4, -0.2) is 23.7 Å². The molecule has 1 atom stereocenters. The van der Waals surface area contributed by atoms with Gasteiger partial charge in [0.15, 0.2) is 0 Å². The first-order chi connectivity index (χ1) is 4.20. The van der Waals surface area contributed by atoms with E-state index in [4.69, 9.17) is 0 Å². The first-order valence-corrected chi connectivity index (χ1v) is 3.49. The molecule has 0 spiro atoms. The predicted octanol–water partition coefficient (Wildman–Crippen LogP) is 0.108. The van der Waals surface area contributed by atoms with Gasteiger partial charge in [-0.15, -0.1) is 0 Å². The molecule has 1 fully saturated rings. The van der Waals surface area contributed by atoms with Crippen LogP contribution in [0.5, 0.6) is 0 Å². The highest BCUT2D eigenvalue weighted by Gasteiger charge is 2.18. The van der Waals surface area contributed by atoms with Crippen LogP contribution in [0.2, 0.25) is 0 Å². The second-order valence-electron chi connectivity index (χ2n) is 2.86. The molecule has 1 unspecified atom stereocenters. The second-order valence-corrected chi connectivity index (χ2v) is 2.86. The molecule has 0 amide bonds. The van der Waals surface area contributed by atoms with Gasteiger partial charge in [-0.3, -0.25) is 0 Å². The lowest BCUT2D eigenvalue weighted by Gasteiger charge is -2.19. The summed E-state index contributed by atoms with van der Waals surface area (Å²) in [5, 5.41) is 2.05. The smallest absolute Gasteiger partial charge is 0.0343 e. The Bertz CT molecular complexity index is 92.3. The number of nitrogens with zero attached hydrogens (tertiary/aromatic N) is 1. The van der Waals surface area contributed by atoms with Gasteiger partial charge >= 0.3 is 0 Å². The number of hydrogen-bond donors (Lipinski definition) is 2. The van der Waals surface area contributed by atoms with E-state index in [2.05, 4.69) is 31.6 Å². The molecule has 2 N–H and O–H groups in total. The molecule has 1 saturated heterocycles. The van der Waals surface area contributed by atoms with Gasteiger partial charge in [-0.2, -0.15) is 5.12 Å². The molecule has 3 nitrogen and oxygen atoms in total. The molecule has 0 aromatic rings. The minimum absolute atomic E-state index is 0.537. The van der Waals surface area contributed by atoms with Gasteiger partial charge in [0.25, 0.3) is 0 Å². The zero-order valence-corrected chi connectivity index (χ0v) is 6.31. The van der Waals surface area contributed by atoms with Crippen molar-refractivity contribution in [3.8, 4) is 0 Å². The van der Waals surface area contributed by atoms with Crippen LogP contribution in [0.4, 0.5) is 0 Å². The molecule has 1 aliphatic rings. The lowest BCUT2D eigenvalue weighted by atomic mass is 10.4. The van der Waals surface area contributed by atoms with Gasteiger partial charge < -0.3 is 0 Å². The number of hydrazine groups is 2. The lowest BCUT2D eigenvalue weighted by Crippen LogP contribution is -2.44. The van der Waals surface area contributed by atoms with Crippen molar-refractivity contribution in [2.45, 2.75) is 32.9 Å². The summed E-state index contributed by atoms with van der Waals surface area (Å²) in [6.45, 7) is 7.50. The Hall–Kier alpha value is -0.120. The van der Waals surface area contributed by atoms with Crippen molar-refractivity contribution in [2.75, 3.05) is 6.54 Å². The normalized spacial score (nSPS) is 30.0. The molecule has 1 rings (SSSR count). The van der Waals surface area contributed by atoms with Gasteiger partial charge in [0, 0.05) is 18.6 Å². The fourth-order valence-corrected chi connectivity index (χ4v) is 0.896. The van der Waals surface area contributed by atoms with Crippen LogP contribution in [0, 0.1) is 0 Å². The van der Waals surface area contributed by atoms with Crippen LogP contribution in [0.1, 0.15) is 20.8 Å². The van der Waals surface area contributed by atoms with E-state index >= 15 is 0 Å². The van der Waals surface area contributed by atoms with Crippen LogP contribution < -0.4 is 10.9 Å². The lowest BCUT2D eigenvalue weighted by molar-refractivity contribution is 0.128. The van der Waals surface area contributed by atoms with Gasteiger partial charge in [0.1, 0.15) is 0 Å². The van der Waals surface area contributed by atoms with E-state index in [1.54, 1.807) is 0 Å². The van der Waals surface area contributed by atoms with Gasteiger partial charge in [-0.05, 0) is 20.8 Å². The van der Waals surface area contributed by atoms with E-state index in [1.807, 2.05) is 5.12 Å². The third-order valence-corrected chi connectivity index (χ3v) is 1.44. The summed E-state index contributed by atoms with van der Waals surface area (Å²) < 4.78 is 0. The fourth-order valence-electron chi connectivity index (χ4n) is 0.896. The minimum Gasteiger partial charge on any atom is -0.240 e. The van der Waals surface area contributed by atoms with Gasteiger partial charge in [-0.1, -0.05) is 0 Å². The van der Waals surface area contributed by atoms with Crippen molar-refractivity contribution in [1.82, 2.24) is 16.0 Å². The van der Waals surface area contributed by atoms with Gasteiger partial charge in [0.05, 0.1) is 0 Å². The summed E-state index contributed by atoms with van der Waals surface area (Å²) in [6.07, 6.45) is 0. The summed E-state index contributed by atoms with van der Waals surface area (Å²) >= 11 is 0. The van der Waals surface area contributed by atoms with Crippen molar-refractivity contribution in [2.24, 2.45) is 0 Å². The molecule has 0 aliphatic carbocycles. The Balaban J connectivity index is 2.30. The van der Waals surface area contributed by atoms with Crippen molar-refractivity contribution in [1.29, 1.82) is 0 Å². The van der Waals surface area contributed by atoms with Crippen molar-refractivity contribution >= 4 is 0 Å². The zero-order valence-electron chi connectivity index (χ0n) is 6.31. The third-order valence-electron chi connectivity index (χ3n) is 1.44. The molecule has 9 heavy (non-hydrogen) atoms. The molecule has 54 valence electrons. The largest absolute Gasteiger partial charge is 0.240 e. The van der Waals surface area contributed by atoms with E-state index in [1.165, 1.54) is 0 Å². The van der Waals surface area contributed by atoms with Crippen molar-refractivity contribution < 1.29 is 0 Å². The predicted molar refractivity (Wildman–Crippen MR) is 37.6 cm³/mol. The first-order valence-electron chi connectivity index (χ1n) is 3.49. The van der Waals surface area contributed by atoms with Crippen LogP contribution in [0.15, 0.2) is 0 Å². The van der Waals surface area contributed by atoms with E-state index in [0.29, 0.717) is 12.1 Å². The average molecular weight is 129 g/mol. The van der Waals surface area contributed by atoms with E-state index in [9.17, 15) is 0 Å². The number of nitrogens with one attached hydrogen (secondary N) is 2. The molecule has 0 aromatic heterocycles. The Kier molecular flexibility index (Phi) is 2.05. The Morgan fingerprint density at radius 2 is 2.22 bits per heavy atom. The minimum atomic E-state index is 0.537. The molecule has 0 aromatic carbocycles. The maximum absolute atomic E-state index is 3.28. The van der Waals surface area contributed by atoms with Crippen LogP contribution >= 0.6 is 0 Å². The summed E-state index contributed by atoms with van der Waals surface area (Å²) in [5.41, 5.74) is 6.50. The molecule has 0 radical (unpaired) electrons. The highest BCUT2D eigenvalue weighted by molar-refractivity contribution is 4.69. The van der Waals surface area contributed by atoms with Crippen molar-refractivity contribution in [3.63, 3.8) is 0 Å². The molecular weight excluding hydrogens is 114 g/mol. The molecule has 0 bridgehead atoms. The first kappa shape index (κ1) is 6.99. The number of hydrogen-bond acceptors (Lipinski definition) is 3. The van der Waals surface area contributed by atoms with Gasteiger partial charge in [0.2, 0.25) is 0 Å². The van der Waals surface area contributed by atoms with Gasteiger partial charge in [-0.25, -0.2) is 10.9 Å². The Morgan fingerprint density at radius 1 is 1.56 bits per heavy atom. The third kappa shape index (κ3) is 1.64. The second kappa shape index (κ2) is 2.64. The molecule has 1 heterocycles. The van der Waals surface area contributed by atoms with Crippen LogP contribution in [-0.2, 0) is 0 Å². The van der Waals surface area contributed by atoms with E-state index in [-0.39, 0.29) is 0 Å². The van der Waals surface area contributed by atoms with Crippen LogP contribution in [0.3, 0.4) is 0 Å². The maximum Gasteiger partial charge on any atom is 0.0343 e. The molecule has 1 aliphatic heterocycles.